The molecule has 0 aromatic carbocycles. The molecule has 0 saturated carbocycles. The number of unbranched alkanes of at least 4 members (excludes halogenated alkanes) is 1. The van der Waals surface area contributed by atoms with Crippen molar-refractivity contribution in [1.82, 2.24) is 9.62 Å². The van der Waals surface area contributed by atoms with E-state index in [1.165, 1.54) is 0 Å². The first-order chi connectivity index (χ1) is 8.03. The molecule has 0 amide bonds. The van der Waals surface area contributed by atoms with Crippen molar-refractivity contribution < 1.29 is 13.5 Å². The molecule has 0 spiro atoms. The minimum atomic E-state index is -3.14. The minimum absolute atomic E-state index is 0.0600. The minimum Gasteiger partial charge on any atom is -0.396 e. The van der Waals surface area contributed by atoms with E-state index in [-0.39, 0.29) is 12.4 Å². The monoisotopic (exact) mass is 264 g/mol. The predicted octanol–water partition coefficient (Wildman–Crippen LogP) is 0.0201. The van der Waals surface area contributed by atoms with Gasteiger partial charge in [0.05, 0.1) is 5.75 Å². The molecule has 2 N–H and O–H groups in total. The molecular formula is C11H24N2O3S. The van der Waals surface area contributed by atoms with Gasteiger partial charge in [0.2, 0.25) is 10.0 Å². The van der Waals surface area contributed by atoms with Crippen molar-refractivity contribution >= 4 is 10.0 Å². The molecular weight excluding hydrogens is 240 g/mol. The Labute approximate surface area is 104 Å². The Bertz CT molecular complexity index is 298. The molecule has 0 aromatic rings. The largest absolute Gasteiger partial charge is 0.396 e. The van der Waals surface area contributed by atoms with Crippen LogP contribution in [0.5, 0.6) is 0 Å². The zero-order valence-corrected chi connectivity index (χ0v) is 11.4. The molecule has 6 heteroatoms. The quantitative estimate of drug-likeness (QED) is 0.636. The second-order valence-corrected chi connectivity index (χ2v) is 6.77. The fourth-order valence-corrected chi connectivity index (χ4v) is 3.21. The highest BCUT2D eigenvalue weighted by Crippen LogP contribution is 2.15. The van der Waals surface area contributed by atoms with E-state index >= 15 is 0 Å². The molecule has 102 valence electrons. The van der Waals surface area contributed by atoms with Gasteiger partial charge in [0.15, 0.2) is 0 Å². The molecule has 1 fully saturated rings. The van der Waals surface area contributed by atoms with Crippen molar-refractivity contribution in [3.63, 3.8) is 0 Å². The number of hydrogen-bond acceptors (Lipinski definition) is 4. The second kappa shape index (κ2) is 7.31. The SMILES string of the molecule is CN1CCC(CNS(=O)(=O)CCCCO)CC1. The van der Waals surface area contributed by atoms with Crippen molar-refractivity contribution in [2.75, 3.05) is 39.0 Å². The Hall–Kier alpha value is -0.170. The maximum absolute atomic E-state index is 11.6. The smallest absolute Gasteiger partial charge is 0.211 e. The number of hydrogen-bond donors (Lipinski definition) is 2. The van der Waals surface area contributed by atoms with Crippen LogP contribution in [-0.4, -0.2) is 57.5 Å². The van der Waals surface area contributed by atoms with Gasteiger partial charge in [-0.15, -0.1) is 0 Å². The average molecular weight is 264 g/mol. The van der Waals surface area contributed by atoms with Crippen molar-refractivity contribution in [3.05, 3.63) is 0 Å². The van der Waals surface area contributed by atoms with Gasteiger partial charge in [0, 0.05) is 13.2 Å². The lowest BCUT2D eigenvalue weighted by molar-refractivity contribution is 0.220. The van der Waals surface area contributed by atoms with Gasteiger partial charge in [-0.2, -0.15) is 0 Å². The van der Waals surface area contributed by atoms with Crippen molar-refractivity contribution in [3.8, 4) is 0 Å². The summed E-state index contributed by atoms with van der Waals surface area (Å²) in [7, 11) is -1.05. The van der Waals surface area contributed by atoms with E-state index in [0.29, 0.717) is 25.3 Å². The molecule has 0 aromatic heterocycles. The van der Waals surface area contributed by atoms with Gasteiger partial charge >= 0.3 is 0 Å². The van der Waals surface area contributed by atoms with E-state index in [2.05, 4.69) is 16.7 Å². The molecule has 17 heavy (non-hydrogen) atoms. The third-order valence-electron chi connectivity index (χ3n) is 3.25. The molecule has 0 atom stereocenters. The van der Waals surface area contributed by atoms with Crippen LogP contribution in [0.3, 0.4) is 0 Å². The van der Waals surface area contributed by atoms with E-state index in [4.69, 9.17) is 5.11 Å². The first-order valence-electron chi connectivity index (χ1n) is 6.30. The fourth-order valence-electron chi connectivity index (χ4n) is 1.99. The van der Waals surface area contributed by atoms with Crippen LogP contribution in [-0.2, 0) is 10.0 Å². The maximum Gasteiger partial charge on any atom is 0.211 e. The molecule has 0 unspecified atom stereocenters. The van der Waals surface area contributed by atoms with E-state index in [9.17, 15) is 8.42 Å². The molecule has 1 aliphatic rings. The summed E-state index contributed by atoms with van der Waals surface area (Å²) in [5, 5.41) is 8.60. The van der Waals surface area contributed by atoms with Gasteiger partial charge in [-0.1, -0.05) is 0 Å². The Kier molecular flexibility index (Phi) is 6.40. The normalized spacial score (nSPS) is 19.6. The number of likely N-dealkylation sites (tertiary alicyclic amines) is 1. The molecule has 1 rings (SSSR count). The van der Waals surface area contributed by atoms with Crippen LogP contribution < -0.4 is 4.72 Å². The summed E-state index contributed by atoms with van der Waals surface area (Å²) in [6.45, 7) is 2.73. The van der Waals surface area contributed by atoms with Crippen molar-refractivity contribution in [2.24, 2.45) is 5.92 Å². The number of piperidine rings is 1. The lowest BCUT2D eigenvalue weighted by Gasteiger charge is -2.28. The molecule has 0 aliphatic carbocycles. The summed E-state index contributed by atoms with van der Waals surface area (Å²) in [6.07, 6.45) is 3.21. The zero-order valence-electron chi connectivity index (χ0n) is 10.6. The number of aliphatic hydroxyl groups is 1. The Balaban J connectivity index is 2.20. The second-order valence-electron chi connectivity index (χ2n) is 4.84. The van der Waals surface area contributed by atoms with Crippen LogP contribution in [0.15, 0.2) is 0 Å². The Morgan fingerprint density at radius 1 is 1.29 bits per heavy atom. The Morgan fingerprint density at radius 2 is 1.94 bits per heavy atom. The summed E-state index contributed by atoms with van der Waals surface area (Å²) in [5.41, 5.74) is 0. The molecule has 5 nitrogen and oxygen atoms in total. The lowest BCUT2D eigenvalue weighted by Crippen LogP contribution is -2.37. The third kappa shape index (κ3) is 6.35. The maximum atomic E-state index is 11.6. The van der Waals surface area contributed by atoms with E-state index in [0.717, 1.165) is 25.9 Å². The summed E-state index contributed by atoms with van der Waals surface area (Å²) in [6, 6.07) is 0. The van der Waals surface area contributed by atoms with Gasteiger partial charge in [-0.25, -0.2) is 13.1 Å². The standard InChI is InChI=1S/C11H24N2O3S/c1-13-6-4-11(5-7-13)10-12-17(15,16)9-3-2-8-14/h11-12,14H,2-10H2,1H3. The summed E-state index contributed by atoms with van der Waals surface area (Å²) in [4.78, 5) is 2.27. The van der Waals surface area contributed by atoms with E-state index in [1.807, 2.05) is 0 Å². The van der Waals surface area contributed by atoms with Gasteiger partial charge in [-0.3, -0.25) is 0 Å². The fraction of sp³-hybridized carbons (Fsp3) is 1.00. The summed E-state index contributed by atoms with van der Waals surface area (Å²) >= 11 is 0. The number of aliphatic hydroxyl groups excluding tert-OH is 1. The Morgan fingerprint density at radius 3 is 2.53 bits per heavy atom. The van der Waals surface area contributed by atoms with Crippen LogP contribution in [0.25, 0.3) is 0 Å². The predicted molar refractivity (Wildman–Crippen MR) is 68.3 cm³/mol. The topological polar surface area (TPSA) is 69.6 Å². The highest BCUT2D eigenvalue weighted by molar-refractivity contribution is 7.89. The van der Waals surface area contributed by atoms with E-state index in [1.54, 1.807) is 0 Å². The molecule has 0 radical (unpaired) electrons. The van der Waals surface area contributed by atoms with Crippen LogP contribution in [0.1, 0.15) is 25.7 Å². The summed E-state index contributed by atoms with van der Waals surface area (Å²) in [5.74, 6) is 0.596. The van der Waals surface area contributed by atoms with Crippen molar-refractivity contribution in [1.29, 1.82) is 0 Å². The molecule has 1 saturated heterocycles. The third-order valence-corrected chi connectivity index (χ3v) is 4.68. The number of rotatable bonds is 7. The molecule has 1 aliphatic heterocycles. The lowest BCUT2D eigenvalue weighted by atomic mass is 9.98. The average Bonchev–Trinajstić information content (AvgIpc) is 2.29. The van der Waals surface area contributed by atoms with Crippen LogP contribution in [0.2, 0.25) is 0 Å². The highest BCUT2D eigenvalue weighted by Gasteiger charge is 2.18. The van der Waals surface area contributed by atoms with Gasteiger partial charge in [-0.05, 0) is 51.7 Å². The van der Waals surface area contributed by atoms with Crippen LogP contribution in [0.4, 0.5) is 0 Å². The van der Waals surface area contributed by atoms with Crippen LogP contribution >= 0.6 is 0 Å². The van der Waals surface area contributed by atoms with E-state index < -0.39 is 10.0 Å². The summed E-state index contributed by atoms with van der Waals surface area (Å²) < 4.78 is 25.9. The van der Waals surface area contributed by atoms with Crippen LogP contribution in [0, 0.1) is 5.92 Å². The molecule has 0 bridgehead atoms. The van der Waals surface area contributed by atoms with Gasteiger partial charge < -0.3 is 10.0 Å². The number of sulfonamides is 1. The first kappa shape index (κ1) is 14.9. The first-order valence-corrected chi connectivity index (χ1v) is 7.95. The number of nitrogens with zero attached hydrogens (tertiary/aromatic N) is 1. The number of nitrogens with one attached hydrogen (secondary N) is 1. The molecule has 1 heterocycles. The van der Waals surface area contributed by atoms with Crippen molar-refractivity contribution in [2.45, 2.75) is 25.7 Å². The zero-order chi connectivity index (χ0) is 12.7. The highest BCUT2D eigenvalue weighted by atomic mass is 32.2. The van der Waals surface area contributed by atoms with Gasteiger partial charge in [0.25, 0.3) is 0 Å². The van der Waals surface area contributed by atoms with Gasteiger partial charge in [0.1, 0.15) is 0 Å².